The van der Waals surface area contributed by atoms with E-state index in [0.717, 1.165) is 29.6 Å². The molecule has 21 heavy (non-hydrogen) atoms. The van der Waals surface area contributed by atoms with Crippen LogP contribution in [0.4, 0.5) is 5.82 Å². The summed E-state index contributed by atoms with van der Waals surface area (Å²) in [5.41, 5.74) is 0. The molecule has 1 aromatic rings. The Morgan fingerprint density at radius 3 is 2.86 bits per heavy atom. The largest absolute Gasteiger partial charge is 0.355 e. The molecule has 2 aliphatic carbocycles. The van der Waals surface area contributed by atoms with Gasteiger partial charge in [0.1, 0.15) is 5.82 Å². The maximum absolute atomic E-state index is 4.50. The van der Waals surface area contributed by atoms with E-state index in [4.69, 9.17) is 0 Å². The Labute approximate surface area is 127 Å². The average molecular weight is 286 g/mol. The Balaban J connectivity index is 1.44. The highest BCUT2D eigenvalue weighted by molar-refractivity contribution is 5.37. The van der Waals surface area contributed by atoms with Gasteiger partial charge in [0, 0.05) is 38.1 Å². The minimum absolute atomic E-state index is 0.863. The van der Waals surface area contributed by atoms with E-state index < -0.39 is 0 Å². The first kappa shape index (κ1) is 13.5. The molecular weight excluding hydrogens is 260 g/mol. The SMILES string of the molecule is CN(C[C@@H]1CCC[C@@H]2CN(c3cnccn3)C[C@@H]21)C1CC1. The number of anilines is 1. The van der Waals surface area contributed by atoms with Gasteiger partial charge >= 0.3 is 0 Å². The van der Waals surface area contributed by atoms with Crippen LogP contribution in [0, 0.1) is 17.8 Å². The molecule has 2 heterocycles. The fourth-order valence-corrected chi connectivity index (χ4v) is 4.49. The highest BCUT2D eigenvalue weighted by atomic mass is 15.2. The Morgan fingerprint density at radius 2 is 2.10 bits per heavy atom. The van der Waals surface area contributed by atoms with Gasteiger partial charge in [-0.1, -0.05) is 6.42 Å². The van der Waals surface area contributed by atoms with Crippen molar-refractivity contribution in [3.63, 3.8) is 0 Å². The fraction of sp³-hybridized carbons (Fsp3) is 0.765. The number of hydrogen-bond donors (Lipinski definition) is 0. The summed E-state index contributed by atoms with van der Waals surface area (Å²) in [6, 6.07) is 0.892. The quantitative estimate of drug-likeness (QED) is 0.851. The lowest BCUT2D eigenvalue weighted by atomic mass is 9.73. The van der Waals surface area contributed by atoms with Crippen molar-refractivity contribution in [2.75, 3.05) is 31.6 Å². The molecule has 0 amide bonds. The molecule has 0 spiro atoms. The molecule has 0 unspecified atom stereocenters. The van der Waals surface area contributed by atoms with E-state index in [1.54, 1.807) is 6.20 Å². The van der Waals surface area contributed by atoms with Gasteiger partial charge in [0.15, 0.2) is 0 Å². The summed E-state index contributed by atoms with van der Waals surface area (Å²) in [5, 5.41) is 0. The minimum atomic E-state index is 0.863. The highest BCUT2D eigenvalue weighted by Crippen LogP contribution is 2.42. The van der Waals surface area contributed by atoms with Crippen molar-refractivity contribution in [3.8, 4) is 0 Å². The molecule has 4 nitrogen and oxygen atoms in total. The highest BCUT2D eigenvalue weighted by Gasteiger charge is 2.41. The molecule has 0 N–H and O–H groups in total. The van der Waals surface area contributed by atoms with Crippen LogP contribution >= 0.6 is 0 Å². The molecule has 0 bridgehead atoms. The molecule has 3 atom stereocenters. The van der Waals surface area contributed by atoms with Crippen LogP contribution in [0.2, 0.25) is 0 Å². The summed E-state index contributed by atoms with van der Waals surface area (Å²) in [6.07, 6.45) is 12.6. The molecular formula is C17H26N4. The summed E-state index contributed by atoms with van der Waals surface area (Å²) in [4.78, 5) is 13.8. The van der Waals surface area contributed by atoms with Crippen LogP contribution < -0.4 is 4.90 Å². The van der Waals surface area contributed by atoms with Crippen molar-refractivity contribution in [1.29, 1.82) is 0 Å². The van der Waals surface area contributed by atoms with Crippen LogP contribution in [0.25, 0.3) is 0 Å². The molecule has 0 aromatic carbocycles. The van der Waals surface area contributed by atoms with Crippen molar-refractivity contribution in [2.24, 2.45) is 17.8 Å². The molecule has 1 aliphatic heterocycles. The van der Waals surface area contributed by atoms with Gasteiger partial charge in [-0.15, -0.1) is 0 Å². The van der Waals surface area contributed by atoms with Crippen LogP contribution in [-0.2, 0) is 0 Å². The van der Waals surface area contributed by atoms with Gasteiger partial charge in [-0.25, -0.2) is 4.98 Å². The van der Waals surface area contributed by atoms with Crippen LogP contribution in [-0.4, -0.2) is 47.6 Å². The number of rotatable bonds is 4. The number of aromatic nitrogens is 2. The molecule has 1 saturated heterocycles. The second-order valence-corrected chi connectivity index (χ2v) is 7.25. The number of fused-ring (bicyclic) bond motifs is 1. The van der Waals surface area contributed by atoms with Crippen molar-refractivity contribution >= 4 is 5.82 Å². The van der Waals surface area contributed by atoms with Gasteiger partial charge < -0.3 is 9.80 Å². The van der Waals surface area contributed by atoms with Gasteiger partial charge in [-0.2, -0.15) is 0 Å². The van der Waals surface area contributed by atoms with E-state index in [9.17, 15) is 0 Å². The summed E-state index contributed by atoms with van der Waals surface area (Å²) in [6.45, 7) is 3.68. The lowest BCUT2D eigenvalue weighted by molar-refractivity contribution is 0.145. The maximum atomic E-state index is 4.50. The van der Waals surface area contributed by atoms with Crippen LogP contribution in [0.15, 0.2) is 18.6 Å². The Morgan fingerprint density at radius 1 is 1.19 bits per heavy atom. The number of nitrogens with zero attached hydrogens (tertiary/aromatic N) is 4. The van der Waals surface area contributed by atoms with Gasteiger partial charge in [0.25, 0.3) is 0 Å². The summed E-state index contributed by atoms with van der Waals surface area (Å²) >= 11 is 0. The van der Waals surface area contributed by atoms with Crippen molar-refractivity contribution < 1.29 is 0 Å². The first-order valence-corrected chi connectivity index (χ1v) is 8.52. The Kier molecular flexibility index (Phi) is 3.57. The summed E-state index contributed by atoms with van der Waals surface area (Å²) < 4.78 is 0. The third kappa shape index (κ3) is 2.78. The zero-order valence-electron chi connectivity index (χ0n) is 13.0. The second-order valence-electron chi connectivity index (χ2n) is 7.25. The average Bonchev–Trinajstić information content (AvgIpc) is 3.27. The molecule has 1 aromatic heterocycles. The lowest BCUT2D eigenvalue weighted by Gasteiger charge is -2.35. The van der Waals surface area contributed by atoms with Gasteiger partial charge in [-0.3, -0.25) is 4.98 Å². The van der Waals surface area contributed by atoms with Gasteiger partial charge in [0.05, 0.1) is 6.20 Å². The minimum Gasteiger partial charge on any atom is -0.355 e. The Bertz CT molecular complexity index is 473. The van der Waals surface area contributed by atoms with Gasteiger partial charge in [-0.05, 0) is 50.5 Å². The molecule has 3 aliphatic rings. The summed E-state index contributed by atoms with van der Waals surface area (Å²) in [5.74, 6) is 3.69. The van der Waals surface area contributed by atoms with E-state index in [-0.39, 0.29) is 0 Å². The zero-order chi connectivity index (χ0) is 14.2. The topological polar surface area (TPSA) is 32.3 Å². The molecule has 3 fully saturated rings. The Hall–Kier alpha value is -1.16. The van der Waals surface area contributed by atoms with E-state index in [0.29, 0.717) is 0 Å². The molecule has 0 radical (unpaired) electrons. The maximum Gasteiger partial charge on any atom is 0.147 e. The van der Waals surface area contributed by atoms with Crippen molar-refractivity contribution in [2.45, 2.75) is 38.1 Å². The molecule has 4 heteroatoms. The van der Waals surface area contributed by atoms with Crippen LogP contribution in [0.5, 0.6) is 0 Å². The predicted molar refractivity (Wildman–Crippen MR) is 84.2 cm³/mol. The monoisotopic (exact) mass is 286 g/mol. The second kappa shape index (κ2) is 5.56. The van der Waals surface area contributed by atoms with E-state index in [1.165, 1.54) is 51.7 Å². The van der Waals surface area contributed by atoms with Crippen LogP contribution in [0.3, 0.4) is 0 Å². The van der Waals surface area contributed by atoms with E-state index >= 15 is 0 Å². The normalized spacial score (nSPS) is 32.5. The first-order chi connectivity index (χ1) is 10.3. The van der Waals surface area contributed by atoms with Crippen LogP contribution in [0.1, 0.15) is 32.1 Å². The van der Waals surface area contributed by atoms with Gasteiger partial charge in [0.2, 0.25) is 0 Å². The molecule has 114 valence electrons. The van der Waals surface area contributed by atoms with E-state index in [1.807, 2.05) is 12.4 Å². The standard InChI is InChI=1S/C17H26N4/c1-20(15-5-6-15)10-13-3-2-4-14-11-21(12-16(13)14)17-9-18-7-8-19-17/h7-9,13-16H,2-6,10-12H2,1H3/t13-,14+,16+/m0/s1. The lowest BCUT2D eigenvalue weighted by Crippen LogP contribution is -2.36. The predicted octanol–water partition coefficient (Wildman–Crippen LogP) is 2.42. The molecule has 2 saturated carbocycles. The third-order valence-corrected chi connectivity index (χ3v) is 5.81. The first-order valence-electron chi connectivity index (χ1n) is 8.52. The zero-order valence-corrected chi connectivity index (χ0v) is 13.0. The molecule has 4 rings (SSSR count). The van der Waals surface area contributed by atoms with E-state index in [2.05, 4.69) is 26.8 Å². The smallest absolute Gasteiger partial charge is 0.147 e. The summed E-state index contributed by atoms with van der Waals surface area (Å²) in [7, 11) is 2.33. The van der Waals surface area contributed by atoms with Crippen molar-refractivity contribution in [3.05, 3.63) is 18.6 Å². The number of hydrogen-bond acceptors (Lipinski definition) is 4. The third-order valence-electron chi connectivity index (χ3n) is 5.81. The van der Waals surface area contributed by atoms with Crippen molar-refractivity contribution in [1.82, 2.24) is 14.9 Å². The fourth-order valence-electron chi connectivity index (χ4n) is 4.49.